The first-order valence-electron chi connectivity index (χ1n) is 2.85. The second-order valence-corrected chi connectivity index (χ2v) is 1.80. The molecule has 0 N–H and O–H groups in total. The zero-order valence-electron chi connectivity index (χ0n) is 5.83. The summed E-state index contributed by atoms with van der Waals surface area (Å²) in [6, 6.07) is 3.08. The number of rotatable bonds is 1. The van der Waals surface area contributed by atoms with E-state index in [0.29, 0.717) is 0 Å². The lowest BCUT2D eigenvalue weighted by molar-refractivity contribution is 0.0600. The topological polar surface area (TPSA) is 63.2 Å². The molecule has 56 valence electrons. The van der Waals surface area contributed by atoms with Crippen molar-refractivity contribution in [1.82, 2.24) is 0 Å². The van der Waals surface area contributed by atoms with Crippen LogP contribution in [0.2, 0.25) is 0 Å². The third-order valence-corrected chi connectivity index (χ3v) is 1.13. The third-order valence-electron chi connectivity index (χ3n) is 1.13. The zero-order chi connectivity index (χ0) is 8.27. The number of esters is 1. The van der Waals surface area contributed by atoms with Crippen LogP contribution in [0, 0.1) is 11.3 Å². The number of nitrogens with zero attached hydrogens (tertiary/aromatic N) is 1. The Kier molecular flexibility index (Phi) is 1.93. The standard InChI is InChI=1S/C7H5NO3/c1-10-7(9)5-2-6(3-8)11-4-5/h2,4H,1H3. The molecule has 1 aromatic heterocycles. The average molecular weight is 151 g/mol. The average Bonchev–Trinajstić information content (AvgIpc) is 2.50. The first-order valence-corrected chi connectivity index (χ1v) is 2.85. The highest BCUT2D eigenvalue weighted by atomic mass is 16.5. The Hall–Kier alpha value is -1.76. The minimum absolute atomic E-state index is 0.102. The highest BCUT2D eigenvalue weighted by Crippen LogP contribution is 2.06. The van der Waals surface area contributed by atoms with Crippen LogP contribution in [0.3, 0.4) is 0 Å². The summed E-state index contributed by atoms with van der Waals surface area (Å²) in [4.78, 5) is 10.8. The molecule has 0 unspecified atom stereocenters. The van der Waals surface area contributed by atoms with Crippen LogP contribution in [0.1, 0.15) is 16.1 Å². The van der Waals surface area contributed by atoms with Gasteiger partial charge in [0.05, 0.1) is 12.7 Å². The van der Waals surface area contributed by atoms with Gasteiger partial charge in [-0.25, -0.2) is 4.79 Å². The summed E-state index contributed by atoms with van der Waals surface area (Å²) in [7, 11) is 1.27. The Morgan fingerprint density at radius 1 is 1.82 bits per heavy atom. The van der Waals surface area contributed by atoms with Crippen molar-refractivity contribution in [2.75, 3.05) is 7.11 Å². The highest BCUT2D eigenvalue weighted by Gasteiger charge is 2.08. The minimum Gasteiger partial charge on any atom is -0.465 e. The molecule has 0 amide bonds. The number of methoxy groups -OCH3 is 1. The fourth-order valence-corrected chi connectivity index (χ4v) is 0.620. The van der Waals surface area contributed by atoms with E-state index in [-0.39, 0.29) is 11.3 Å². The zero-order valence-corrected chi connectivity index (χ0v) is 5.83. The number of hydrogen-bond acceptors (Lipinski definition) is 4. The van der Waals surface area contributed by atoms with Gasteiger partial charge in [-0.05, 0) is 0 Å². The maximum atomic E-state index is 10.8. The predicted octanol–water partition coefficient (Wildman–Crippen LogP) is 0.938. The van der Waals surface area contributed by atoms with Gasteiger partial charge >= 0.3 is 5.97 Å². The van der Waals surface area contributed by atoms with E-state index in [2.05, 4.69) is 9.15 Å². The van der Waals surface area contributed by atoms with E-state index in [1.54, 1.807) is 6.07 Å². The fraction of sp³-hybridized carbons (Fsp3) is 0.143. The molecule has 0 aliphatic carbocycles. The van der Waals surface area contributed by atoms with Crippen molar-refractivity contribution in [2.45, 2.75) is 0 Å². The molecule has 0 aliphatic heterocycles. The van der Waals surface area contributed by atoms with Crippen LogP contribution in [0.4, 0.5) is 0 Å². The second kappa shape index (κ2) is 2.88. The lowest BCUT2D eigenvalue weighted by Gasteiger charge is -1.89. The molecule has 11 heavy (non-hydrogen) atoms. The smallest absolute Gasteiger partial charge is 0.341 e. The van der Waals surface area contributed by atoms with Gasteiger partial charge in [-0.15, -0.1) is 0 Å². The Labute approximate surface area is 63.0 Å². The Bertz CT molecular complexity index is 308. The van der Waals surface area contributed by atoms with E-state index in [9.17, 15) is 4.79 Å². The molecule has 0 aliphatic rings. The summed E-state index contributed by atoms with van der Waals surface area (Å²) in [6.45, 7) is 0. The predicted molar refractivity (Wildman–Crippen MR) is 34.8 cm³/mol. The van der Waals surface area contributed by atoms with E-state index < -0.39 is 5.97 Å². The van der Waals surface area contributed by atoms with E-state index in [0.717, 1.165) is 0 Å². The number of carbonyl (C=O) groups is 1. The van der Waals surface area contributed by atoms with Gasteiger partial charge in [-0.2, -0.15) is 5.26 Å². The summed E-state index contributed by atoms with van der Waals surface area (Å²) in [5, 5.41) is 8.31. The van der Waals surface area contributed by atoms with Gasteiger partial charge in [0.25, 0.3) is 0 Å². The maximum absolute atomic E-state index is 10.8. The summed E-state index contributed by atoms with van der Waals surface area (Å²) >= 11 is 0. The highest BCUT2D eigenvalue weighted by molar-refractivity contribution is 5.89. The Morgan fingerprint density at radius 2 is 2.55 bits per heavy atom. The van der Waals surface area contributed by atoms with E-state index in [4.69, 9.17) is 5.26 Å². The van der Waals surface area contributed by atoms with Crippen LogP contribution in [0.15, 0.2) is 16.7 Å². The number of ether oxygens (including phenoxy) is 1. The SMILES string of the molecule is COC(=O)c1coc(C#N)c1. The van der Waals surface area contributed by atoms with E-state index >= 15 is 0 Å². The third kappa shape index (κ3) is 1.38. The normalized spacial score (nSPS) is 8.73. The lowest BCUT2D eigenvalue weighted by Crippen LogP contribution is -1.98. The van der Waals surface area contributed by atoms with Gasteiger partial charge in [0.2, 0.25) is 5.76 Å². The van der Waals surface area contributed by atoms with Crippen LogP contribution in [-0.4, -0.2) is 13.1 Å². The second-order valence-electron chi connectivity index (χ2n) is 1.80. The molecular formula is C7H5NO3. The number of furan rings is 1. The minimum atomic E-state index is -0.504. The molecule has 4 heteroatoms. The summed E-state index contributed by atoms with van der Waals surface area (Å²) in [5.41, 5.74) is 0.254. The van der Waals surface area contributed by atoms with Crippen molar-refractivity contribution < 1.29 is 13.9 Å². The molecule has 1 heterocycles. The van der Waals surface area contributed by atoms with Crippen molar-refractivity contribution in [1.29, 1.82) is 5.26 Å². The molecule has 0 radical (unpaired) electrons. The molecular weight excluding hydrogens is 146 g/mol. The summed E-state index contributed by atoms with van der Waals surface area (Å²) in [6.07, 6.45) is 1.18. The Balaban J connectivity index is 2.91. The monoisotopic (exact) mass is 151 g/mol. The van der Waals surface area contributed by atoms with Crippen LogP contribution < -0.4 is 0 Å². The van der Waals surface area contributed by atoms with Gasteiger partial charge in [-0.1, -0.05) is 0 Å². The largest absolute Gasteiger partial charge is 0.465 e. The van der Waals surface area contributed by atoms with Crippen LogP contribution >= 0.6 is 0 Å². The molecule has 0 saturated heterocycles. The van der Waals surface area contributed by atoms with Crippen molar-refractivity contribution in [3.05, 3.63) is 23.7 Å². The lowest BCUT2D eigenvalue weighted by atomic mass is 10.3. The van der Waals surface area contributed by atoms with Crippen molar-refractivity contribution >= 4 is 5.97 Å². The van der Waals surface area contributed by atoms with Crippen molar-refractivity contribution in [3.63, 3.8) is 0 Å². The number of hydrogen-bond donors (Lipinski definition) is 0. The van der Waals surface area contributed by atoms with Gasteiger partial charge in [-0.3, -0.25) is 0 Å². The van der Waals surface area contributed by atoms with Crippen LogP contribution in [-0.2, 0) is 4.74 Å². The van der Waals surface area contributed by atoms with E-state index in [1.165, 1.54) is 19.4 Å². The molecule has 0 atom stereocenters. The molecule has 0 saturated carbocycles. The summed E-state index contributed by atoms with van der Waals surface area (Å²) < 4.78 is 9.06. The van der Waals surface area contributed by atoms with Gasteiger partial charge in [0.1, 0.15) is 12.3 Å². The molecule has 1 aromatic rings. The Morgan fingerprint density at radius 3 is 3.00 bits per heavy atom. The number of nitriles is 1. The molecule has 0 fully saturated rings. The quantitative estimate of drug-likeness (QED) is 0.560. The molecule has 0 spiro atoms. The molecule has 0 bridgehead atoms. The molecule has 4 nitrogen and oxygen atoms in total. The molecule has 1 rings (SSSR count). The van der Waals surface area contributed by atoms with Crippen molar-refractivity contribution in [3.8, 4) is 6.07 Å². The van der Waals surface area contributed by atoms with Crippen LogP contribution in [0.25, 0.3) is 0 Å². The van der Waals surface area contributed by atoms with Gasteiger partial charge < -0.3 is 9.15 Å². The first kappa shape index (κ1) is 7.35. The molecule has 0 aromatic carbocycles. The van der Waals surface area contributed by atoms with Gasteiger partial charge in [0, 0.05) is 6.07 Å². The van der Waals surface area contributed by atoms with Crippen molar-refractivity contribution in [2.24, 2.45) is 0 Å². The van der Waals surface area contributed by atoms with Crippen LogP contribution in [0.5, 0.6) is 0 Å². The fourth-order valence-electron chi connectivity index (χ4n) is 0.620. The van der Waals surface area contributed by atoms with E-state index in [1.807, 2.05) is 0 Å². The first-order chi connectivity index (χ1) is 5.27. The summed E-state index contributed by atoms with van der Waals surface area (Å²) in [5.74, 6) is -0.402. The maximum Gasteiger partial charge on any atom is 0.341 e. The number of carbonyl (C=O) groups excluding carboxylic acids is 1. The van der Waals surface area contributed by atoms with Gasteiger partial charge in [0.15, 0.2) is 0 Å².